The Hall–Kier alpha value is -4.64. The normalized spacial score (nSPS) is 10.8. The maximum absolute atomic E-state index is 14.3. The molecule has 0 spiro atoms. The number of aromatic nitrogens is 2. The Bertz CT molecular complexity index is 1510. The van der Waals surface area contributed by atoms with Crippen LogP contribution in [0.1, 0.15) is 27.2 Å². The second-order valence-corrected chi connectivity index (χ2v) is 9.35. The highest BCUT2D eigenvalue weighted by Gasteiger charge is 2.23. The lowest BCUT2D eigenvalue weighted by molar-refractivity contribution is 0.0736. The van der Waals surface area contributed by atoms with Gasteiger partial charge >= 0.3 is 0 Å². The molecule has 0 saturated carbocycles. The molecule has 0 N–H and O–H groups in total. The van der Waals surface area contributed by atoms with Crippen LogP contribution in [0.2, 0.25) is 0 Å². The number of carbonyl (C=O) groups is 1. The van der Waals surface area contributed by atoms with Crippen molar-refractivity contribution in [2.45, 2.75) is 19.9 Å². The van der Waals surface area contributed by atoms with E-state index in [1.807, 2.05) is 103 Å². The van der Waals surface area contributed by atoms with Crippen LogP contribution in [0.3, 0.4) is 0 Å². The van der Waals surface area contributed by atoms with Gasteiger partial charge in [-0.2, -0.15) is 5.10 Å². The van der Waals surface area contributed by atoms with Gasteiger partial charge in [0.2, 0.25) is 0 Å². The quantitative estimate of drug-likeness (QED) is 0.225. The van der Waals surface area contributed by atoms with Crippen molar-refractivity contribution in [3.8, 4) is 22.7 Å². The Kier molecular flexibility index (Phi) is 7.65. The van der Waals surface area contributed by atoms with Crippen LogP contribution >= 0.6 is 0 Å². The summed E-state index contributed by atoms with van der Waals surface area (Å²) < 4.78 is 7.20. The van der Waals surface area contributed by atoms with Crippen molar-refractivity contribution in [1.29, 1.82) is 0 Å². The van der Waals surface area contributed by atoms with E-state index in [4.69, 9.17) is 9.84 Å². The predicted molar refractivity (Wildman–Crippen MR) is 152 cm³/mol. The number of benzene rings is 4. The number of ether oxygens (including phenoxy) is 1. The molecule has 0 atom stereocenters. The van der Waals surface area contributed by atoms with E-state index >= 15 is 0 Å². The Morgan fingerprint density at radius 3 is 2.24 bits per heavy atom. The Morgan fingerprint density at radius 2 is 1.53 bits per heavy atom. The van der Waals surface area contributed by atoms with Gasteiger partial charge < -0.3 is 9.64 Å². The van der Waals surface area contributed by atoms with Gasteiger partial charge in [-0.05, 0) is 60.4 Å². The molecule has 5 aromatic rings. The van der Waals surface area contributed by atoms with Gasteiger partial charge in [-0.3, -0.25) is 4.79 Å². The summed E-state index contributed by atoms with van der Waals surface area (Å²) in [4.78, 5) is 16.2. The van der Waals surface area contributed by atoms with Gasteiger partial charge in [0.05, 0.1) is 18.5 Å². The highest BCUT2D eigenvalue weighted by molar-refractivity contribution is 5.94. The average molecular weight is 502 g/mol. The van der Waals surface area contributed by atoms with Crippen LogP contribution in [-0.4, -0.2) is 34.2 Å². The van der Waals surface area contributed by atoms with Crippen LogP contribution in [0.4, 0.5) is 0 Å². The smallest absolute Gasteiger partial charge is 0.272 e. The molecule has 0 bridgehead atoms. The van der Waals surface area contributed by atoms with Crippen LogP contribution < -0.4 is 4.74 Å². The molecule has 0 aliphatic carbocycles. The second kappa shape index (κ2) is 11.6. The molecule has 0 radical (unpaired) electrons. The Morgan fingerprint density at radius 1 is 0.816 bits per heavy atom. The number of rotatable bonds is 9. The maximum atomic E-state index is 14.3. The molecule has 38 heavy (non-hydrogen) atoms. The third-order valence-corrected chi connectivity index (χ3v) is 6.56. The molecule has 1 aromatic heterocycles. The first-order valence-electron chi connectivity index (χ1n) is 12.8. The molecule has 1 heterocycles. The molecule has 0 aliphatic heterocycles. The van der Waals surface area contributed by atoms with E-state index in [1.165, 1.54) is 5.56 Å². The largest absolute Gasteiger partial charge is 0.497 e. The molecule has 5 rings (SSSR count). The lowest BCUT2D eigenvalue weighted by Crippen LogP contribution is -2.34. The van der Waals surface area contributed by atoms with Gasteiger partial charge in [-0.15, -0.1) is 0 Å². The summed E-state index contributed by atoms with van der Waals surface area (Å²) in [5.74, 6) is 0.682. The van der Waals surface area contributed by atoms with E-state index in [2.05, 4.69) is 24.3 Å². The van der Waals surface area contributed by atoms with Crippen molar-refractivity contribution in [3.05, 3.63) is 138 Å². The predicted octanol–water partition coefficient (Wildman–Crippen LogP) is 6.74. The van der Waals surface area contributed by atoms with Crippen molar-refractivity contribution in [3.63, 3.8) is 0 Å². The molecule has 5 heteroatoms. The van der Waals surface area contributed by atoms with E-state index in [9.17, 15) is 4.79 Å². The van der Waals surface area contributed by atoms with Crippen molar-refractivity contribution in [2.75, 3.05) is 13.7 Å². The molecule has 0 aliphatic rings. The third-order valence-electron chi connectivity index (χ3n) is 6.56. The minimum absolute atomic E-state index is 0.0621. The number of hydrogen-bond acceptors (Lipinski definition) is 3. The summed E-state index contributed by atoms with van der Waals surface area (Å²) in [6, 6.07) is 38.1. The average Bonchev–Trinajstić information content (AvgIpc) is 3.42. The van der Waals surface area contributed by atoms with Crippen molar-refractivity contribution in [1.82, 2.24) is 14.7 Å². The van der Waals surface area contributed by atoms with Crippen LogP contribution in [-0.2, 0) is 13.0 Å². The maximum Gasteiger partial charge on any atom is 0.272 e. The van der Waals surface area contributed by atoms with Gasteiger partial charge in [0.15, 0.2) is 0 Å². The summed E-state index contributed by atoms with van der Waals surface area (Å²) in [5.41, 5.74) is 6.37. The summed E-state index contributed by atoms with van der Waals surface area (Å²) in [6.45, 7) is 3.14. The monoisotopic (exact) mass is 501 g/mol. The second-order valence-electron chi connectivity index (χ2n) is 9.35. The molecule has 190 valence electrons. The van der Waals surface area contributed by atoms with Crippen molar-refractivity contribution >= 4 is 5.91 Å². The number of amides is 1. The zero-order valence-corrected chi connectivity index (χ0v) is 21.7. The molecular formula is C33H31N3O2. The van der Waals surface area contributed by atoms with Crippen LogP contribution in [0.15, 0.2) is 115 Å². The summed E-state index contributed by atoms with van der Waals surface area (Å²) in [6.07, 6.45) is 0.765. The van der Waals surface area contributed by atoms with E-state index in [0.29, 0.717) is 18.8 Å². The third kappa shape index (κ3) is 5.84. The molecule has 0 unspecified atom stereocenters. The Balaban J connectivity index is 1.55. The van der Waals surface area contributed by atoms with Gasteiger partial charge in [0.1, 0.15) is 11.4 Å². The first-order chi connectivity index (χ1) is 18.6. The van der Waals surface area contributed by atoms with Crippen LogP contribution in [0.5, 0.6) is 5.75 Å². The molecule has 4 aromatic carbocycles. The standard InChI is InChI=1S/C33H31N3O2/c1-25-11-9-17-29(21-25)36-32(23-31(34-36)28-16-10-18-30(22-28)38-2)33(37)35(24-27-14-7-4-8-15-27)20-19-26-12-5-3-6-13-26/h3-18,21-23H,19-20,24H2,1-2H3. The van der Waals surface area contributed by atoms with Crippen LogP contribution in [0.25, 0.3) is 16.9 Å². The minimum atomic E-state index is -0.0621. The first-order valence-corrected chi connectivity index (χ1v) is 12.8. The highest BCUT2D eigenvalue weighted by Crippen LogP contribution is 2.26. The zero-order valence-electron chi connectivity index (χ0n) is 21.7. The fraction of sp³-hybridized carbons (Fsp3) is 0.152. The van der Waals surface area contributed by atoms with Crippen molar-refractivity contribution < 1.29 is 9.53 Å². The molecule has 0 fully saturated rings. The molecular weight excluding hydrogens is 470 g/mol. The first kappa shape index (κ1) is 25.0. The highest BCUT2D eigenvalue weighted by atomic mass is 16.5. The Labute approximate surface area is 223 Å². The number of nitrogens with zero attached hydrogens (tertiary/aromatic N) is 3. The molecule has 1 amide bonds. The lowest BCUT2D eigenvalue weighted by atomic mass is 10.1. The number of methoxy groups -OCH3 is 1. The fourth-order valence-electron chi connectivity index (χ4n) is 4.54. The van der Waals surface area contributed by atoms with E-state index in [-0.39, 0.29) is 5.91 Å². The van der Waals surface area contributed by atoms with E-state index in [1.54, 1.807) is 11.8 Å². The zero-order chi connectivity index (χ0) is 26.3. The van der Waals surface area contributed by atoms with E-state index in [0.717, 1.165) is 40.2 Å². The molecule has 5 nitrogen and oxygen atoms in total. The van der Waals surface area contributed by atoms with Gasteiger partial charge in [-0.25, -0.2) is 4.68 Å². The summed E-state index contributed by atoms with van der Waals surface area (Å²) in [7, 11) is 1.65. The summed E-state index contributed by atoms with van der Waals surface area (Å²) in [5, 5.41) is 4.91. The molecule has 0 saturated heterocycles. The minimum Gasteiger partial charge on any atom is -0.497 e. The van der Waals surface area contributed by atoms with Gasteiger partial charge in [0, 0.05) is 18.7 Å². The fourth-order valence-corrected chi connectivity index (χ4v) is 4.54. The van der Waals surface area contributed by atoms with Crippen LogP contribution in [0, 0.1) is 6.92 Å². The number of hydrogen-bond donors (Lipinski definition) is 0. The number of aryl methyl sites for hydroxylation is 1. The van der Waals surface area contributed by atoms with Gasteiger partial charge in [-0.1, -0.05) is 84.9 Å². The topological polar surface area (TPSA) is 47.4 Å². The van der Waals surface area contributed by atoms with Crippen molar-refractivity contribution in [2.24, 2.45) is 0 Å². The summed E-state index contributed by atoms with van der Waals surface area (Å²) >= 11 is 0. The number of carbonyl (C=O) groups excluding carboxylic acids is 1. The van der Waals surface area contributed by atoms with Gasteiger partial charge in [0.25, 0.3) is 5.91 Å². The lowest BCUT2D eigenvalue weighted by Gasteiger charge is -2.23. The SMILES string of the molecule is COc1cccc(-c2cc(C(=O)N(CCc3ccccc3)Cc3ccccc3)n(-c3cccc(C)c3)n2)c1. The van der Waals surface area contributed by atoms with E-state index < -0.39 is 0 Å².